The van der Waals surface area contributed by atoms with Gasteiger partial charge in [0.25, 0.3) is 0 Å². The third-order valence-electron chi connectivity index (χ3n) is 2.55. The van der Waals surface area contributed by atoms with Gasteiger partial charge in [-0.05, 0) is 14.0 Å². The van der Waals surface area contributed by atoms with E-state index in [1.54, 1.807) is 0 Å². The van der Waals surface area contributed by atoms with Crippen molar-refractivity contribution in [2.24, 2.45) is 0 Å². The molecule has 2 heterocycles. The van der Waals surface area contributed by atoms with Crippen LogP contribution in [0.4, 0.5) is 0 Å². The lowest BCUT2D eigenvalue weighted by molar-refractivity contribution is 0.587. The molecule has 5 heteroatoms. The molecule has 1 N–H and O–H groups in total. The van der Waals surface area contributed by atoms with Gasteiger partial charge in [-0.1, -0.05) is 0 Å². The lowest BCUT2D eigenvalue weighted by atomic mass is 10.1. The van der Waals surface area contributed by atoms with Gasteiger partial charge in [0.2, 0.25) is 0 Å². The topological polar surface area (TPSA) is 55.6 Å². The van der Waals surface area contributed by atoms with E-state index in [-0.39, 0.29) is 6.04 Å². The fraction of sp³-hybridized carbons (Fsp3) is 0.364. The predicted octanol–water partition coefficient (Wildman–Crippen LogP) is 1.00. The molecule has 0 saturated carbocycles. The van der Waals surface area contributed by atoms with Crippen molar-refractivity contribution in [3.63, 3.8) is 0 Å². The monoisotopic (exact) mass is 217 g/mol. The zero-order valence-electron chi connectivity index (χ0n) is 9.46. The van der Waals surface area contributed by atoms with E-state index in [0.29, 0.717) is 0 Å². The summed E-state index contributed by atoms with van der Waals surface area (Å²) < 4.78 is 2.11. The minimum absolute atomic E-state index is 0.0381. The van der Waals surface area contributed by atoms with Crippen LogP contribution in [-0.4, -0.2) is 26.6 Å². The lowest BCUT2D eigenvalue weighted by Crippen LogP contribution is -2.22. The van der Waals surface area contributed by atoms with Crippen molar-refractivity contribution in [1.82, 2.24) is 24.8 Å². The van der Waals surface area contributed by atoms with Crippen molar-refractivity contribution in [1.29, 1.82) is 0 Å². The number of aryl methyl sites for hydroxylation is 1. The van der Waals surface area contributed by atoms with Gasteiger partial charge in [0, 0.05) is 36.9 Å². The summed E-state index contributed by atoms with van der Waals surface area (Å²) in [6, 6.07) is 0.0381. The molecule has 16 heavy (non-hydrogen) atoms. The molecular weight excluding hydrogens is 202 g/mol. The van der Waals surface area contributed by atoms with Gasteiger partial charge in [-0.3, -0.25) is 0 Å². The molecular formula is C11H15N5. The summed E-state index contributed by atoms with van der Waals surface area (Å²) >= 11 is 0. The number of aromatic nitrogens is 4. The molecule has 5 nitrogen and oxygen atoms in total. The van der Waals surface area contributed by atoms with E-state index in [0.717, 1.165) is 17.9 Å². The number of hydrogen-bond donors (Lipinski definition) is 1. The average Bonchev–Trinajstić information content (AvgIpc) is 2.80. The predicted molar refractivity (Wildman–Crippen MR) is 60.8 cm³/mol. The van der Waals surface area contributed by atoms with E-state index in [1.165, 1.54) is 6.33 Å². The van der Waals surface area contributed by atoms with E-state index >= 15 is 0 Å². The number of nitrogens with one attached hydrogen (secondary N) is 1. The van der Waals surface area contributed by atoms with E-state index in [2.05, 4.69) is 31.8 Å². The van der Waals surface area contributed by atoms with Gasteiger partial charge in [0.15, 0.2) is 0 Å². The molecule has 1 atom stereocenters. The highest BCUT2D eigenvalue weighted by Crippen LogP contribution is 2.18. The first kappa shape index (κ1) is 10.8. The first-order valence-corrected chi connectivity index (χ1v) is 5.30. The Morgan fingerprint density at radius 1 is 1.38 bits per heavy atom. The minimum Gasteiger partial charge on any atom is -0.334 e. The number of nitrogens with zero attached hydrogens (tertiary/aromatic N) is 4. The van der Waals surface area contributed by atoms with E-state index in [1.807, 2.05) is 31.8 Å². The second-order valence-electron chi connectivity index (χ2n) is 3.46. The summed E-state index contributed by atoms with van der Waals surface area (Å²) in [5.41, 5.74) is 1.02. The van der Waals surface area contributed by atoms with Gasteiger partial charge in [0.05, 0.1) is 6.04 Å². The molecule has 0 aromatic carbocycles. The van der Waals surface area contributed by atoms with Crippen molar-refractivity contribution in [2.45, 2.75) is 19.5 Å². The first-order valence-electron chi connectivity index (χ1n) is 5.30. The van der Waals surface area contributed by atoms with Crippen LogP contribution in [-0.2, 0) is 6.54 Å². The van der Waals surface area contributed by atoms with Crippen molar-refractivity contribution in [3.8, 4) is 0 Å². The van der Waals surface area contributed by atoms with E-state index in [9.17, 15) is 0 Å². The Morgan fingerprint density at radius 3 is 2.75 bits per heavy atom. The van der Waals surface area contributed by atoms with Crippen molar-refractivity contribution < 1.29 is 0 Å². The molecule has 0 fully saturated rings. The van der Waals surface area contributed by atoms with E-state index in [4.69, 9.17) is 0 Å². The van der Waals surface area contributed by atoms with Crippen LogP contribution in [0.15, 0.2) is 31.1 Å². The second kappa shape index (κ2) is 4.85. The quantitative estimate of drug-likeness (QED) is 0.830. The zero-order valence-corrected chi connectivity index (χ0v) is 9.46. The van der Waals surface area contributed by atoms with Gasteiger partial charge in [0.1, 0.15) is 12.2 Å². The molecule has 0 radical (unpaired) electrons. The summed E-state index contributed by atoms with van der Waals surface area (Å²) in [6.45, 7) is 3.00. The molecule has 2 aromatic heterocycles. The summed E-state index contributed by atoms with van der Waals surface area (Å²) in [6.07, 6.45) is 8.94. The Bertz CT molecular complexity index is 437. The summed E-state index contributed by atoms with van der Waals surface area (Å²) in [5.74, 6) is 0.986. The normalized spacial score (nSPS) is 12.6. The van der Waals surface area contributed by atoms with Crippen molar-refractivity contribution in [2.75, 3.05) is 7.05 Å². The molecule has 2 aromatic rings. The standard InChI is InChI=1S/C11H15N5/c1-3-16-5-4-15-11(16)10(12-2)9-6-13-8-14-7-9/h4-8,10,12H,3H2,1-2H3. The molecule has 0 bridgehead atoms. The average molecular weight is 217 g/mol. The number of imidazole rings is 1. The fourth-order valence-corrected chi connectivity index (χ4v) is 1.75. The van der Waals surface area contributed by atoms with Crippen molar-refractivity contribution >= 4 is 0 Å². The van der Waals surface area contributed by atoms with Crippen LogP contribution in [0, 0.1) is 0 Å². The first-order chi connectivity index (χ1) is 7.86. The van der Waals surface area contributed by atoms with E-state index < -0.39 is 0 Å². The summed E-state index contributed by atoms with van der Waals surface area (Å²) in [4.78, 5) is 12.4. The van der Waals surface area contributed by atoms with Gasteiger partial charge >= 0.3 is 0 Å². The lowest BCUT2D eigenvalue weighted by Gasteiger charge is -2.16. The van der Waals surface area contributed by atoms with Crippen molar-refractivity contribution in [3.05, 3.63) is 42.5 Å². The maximum absolute atomic E-state index is 4.38. The fourth-order valence-electron chi connectivity index (χ4n) is 1.75. The highest BCUT2D eigenvalue weighted by atomic mass is 15.1. The molecule has 2 rings (SSSR count). The summed E-state index contributed by atoms with van der Waals surface area (Å²) in [7, 11) is 1.91. The van der Waals surface area contributed by atoms with Gasteiger partial charge in [-0.25, -0.2) is 15.0 Å². The molecule has 1 unspecified atom stereocenters. The van der Waals surface area contributed by atoms with Crippen LogP contribution in [0.25, 0.3) is 0 Å². The number of rotatable bonds is 4. The van der Waals surface area contributed by atoms with Crippen LogP contribution < -0.4 is 5.32 Å². The highest BCUT2D eigenvalue weighted by molar-refractivity contribution is 5.19. The smallest absolute Gasteiger partial charge is 0.130 e. The van der Waals surface area contributed by atoms with Gasteiger partial charge < -0.3 is 9.88 Å². The Balaban J connectivity index is 2.37. The third-order valence-corrected chi connectivity index (χ3v) is 2.55. The Labute approximate surface area is 94.6 Å². The van der Waals surface area contributed by atoms with Gasteiger partial charge in [-0.2, -0.15) is 0 Å². The Kier molecular flexibility index (Phi) is 3.26. The van der Waals surface area contributed by atoms with Crippen LogP contribution in [0.5, 0.6) is 0 Å². The molecule has 0 aliphatic rings. The zero-order chi connectivity index (χ0) is 11.4. The SMILES string of the molecule is CCn1ccnc1C(NC)c1cncnc1. The van der Waals surface area contributed by atoms with Crippen LogP contribution >= 0.6 is 0 Å². The largest absolute Gasteiger partial charge is 0.334 e. The summed E-state index contributed by atoms with van der Waals surface area (Å²) in [5, 5.41) is 3.23. The molecule has 0 amide bonds. The molecule has 0 saturated heterocycles. The maximum Gasteiger partial charge on any atom is 0.130 e. The molecule has 0 aliphatic carbocycles. The Morgan fingerprint density at radius 2 is 2.12 bits per heavy atom. The molecule has 0 spiro atoms. The Hall–Kier alpha value is -1.75. The third kappa shape index (κ3) is 1.94. The van der Waals surface area contributed by atoms with Crippen LogP contribution in [0.3, 0.4) is 0 Å². The minimum atomic E-state index is 0.0381. The molecule has 0 aliphatic heterocycles. The highest BCUT2D eigenvalue weighted by Gasteiger charge is 2.16. The van der Waals surface area contributed by atoms with Crippen LogP contribution in [0.2, 0.25) is 0 Å². The maximum atomic E-state index is 4.38. The second-order valence-corrected chi connectivity index (χ2v) is 3.46. The molecule has 84 valence electrons. The number of hydrogen-bond acceptors (Lipinski definition) is 4. The van der Waals surface area contributed by atoms with Crippen LogP contribution in [0.1, 0.15) is 24.4 Å². The van der Waals surface area contributed by atoms with Gasteiger partial charge in [-0.15, -0.1) is 0 Å².